The van der Waals surface area contributed by atoms with Gasteiger partial charge in [-0.3, -0.25) is 4.79 Å². The zero-order valence-electron chi connectivity index (χ0n) is 12.5. The van der Waals surface area contributed by atoms with Crippen LogP contribution in [-0.4, -0.2) is 23.9 Å². The summed E-state index contributed by atoms with van der Waals surface area (Å²) in [5.41, 5.74) is 1.83. The van der Waals surface area contributed by atoms with Crippen molar-refractivity contribution in [3.63, 3.8) is 0 Å². The van der Waals surface area contributed by atoms with Crippen molar-refractivity contribution in [3.05, 3.63) is 48.0 Å². The maximum atomic E-state index is 12.6. The molecule has 1 aliphatic rings. The summed E-state index contributed by atoms with van der Waals surface area (Å²) in [5.74, 6) is 0.801. The first-order chi connectivity index (χ1) is 9.66. The summed E-state index contributed by atoms with van der Waals surface area (Å²) in [6.07, 6.45) is 6.49. The largest absolute Gasteiger partial charge is 0.334 e. The van der Waals surface area contributed by atoms with Crippen LogP contribution in [0.3, 0.4) is 0 Å². The summed E-state index contributed by atoms with van der Waals surface area (Å²) in [6, 6.07) is 9.59. The third-order valence-corrected chi connectivity index (χ3v) is 3.97. The topological polar surface area (TPSA) is 20.3 Å². The van der Waals surface area contributed by atoms with Gasteiger partial charge in [0.2, 0.25) is 0 Å². The standard InChI is InChI=1S/C18H25NO/c1-15(2)13-19(14-16-9-5-3-6-10-16)18(20)17-11-7-4-8-12-17/h4,7-8,11-12,16H,1,3,5-6,9-10,13-14H2,2H3. The monoisotopic (exact) mass is 271 g/mol. The van der Waals surface area contributed by atoms with Gasteiger partial charge in [-0.2, -0.15) is 0 Å². The molecule has 2 rings (SSSR count). The summed E-state index contributed by atoms with van der Waals surface area (Å²) in [5, 5.41) is 0. The van der Waals surface area contributed by atoms with E-state index in [1.807, 2.05) is 42.2 Å². The zero-order chi connectivity index (χ0) is 14.4. The second-order valence-corrected chi connectivity index (χ2v) is 6.01. The fourth-order valence-electron chi connectivity index (χ4n) is 2.99. The minimum absolute atomic E-state index is 0.138. The summed E-state index contributed by atoms with van der Waals surface area (Å²) >= 11 is 0. The molecular formula is C18H25NO. The molecule has 0 spiro atoms. The van der Waals surface area contributed by atoms with E-state index in [0.717, 1.165) is 17.7 Å². The normalized spacial score (nSPS) is 15.8. The Kier molecular flexibility index (Phi) is 5.40. The van der Waals surface area contributed by atoms with E-state index in [0.29, 0.717) is 12.5 Å². The van der Waals surface area contributed by atoms with Crippen LogP contribution in [0, 0.1) is 5.92 Å². The first-order valence-electron chi connectivity index (χ1n) is 7.65. The smallest absolute Gasteiger partial charge is 0.254 e. The van der Waals surface area contributed by atoms with Crippen molar-refractivity contribution in [2.75, 3.05) is 13.1 Å². The Balaban J connectivity index is 2.06. The van der Waals surface area contributed by atoms with Gasteiger partial charge in [0.1, 0.15) is 0 Å². The van der Waals surface area contributed by atoms with Gasteiger partial charge in [0.05, 0.1) is 0 Å². The molecule has 0 bridgehead atoms. The molecule has 0 N–H and O–H groups in total. The lowest BCUT2D eigenvalue weighted by atomic mass is 9.88. The van der Waals surface area contributed by atoms with Crippen LogP contribution in [0.5, 0.6) is 0 Å². The van der Waals surface area contributed by atoms with E-state index in [-0.39, 0.29) is 5.91 Å². The molecule has 0 unspecified atom stereocenters. The van der Waals surface area contributed by atoms with E-state index in [9.17, 15) is 4.79 Å². The molecule has 0 atom stereocenters. The molecule has 0 radical (unpaired) electrons. The van der Waals surface area contributed by atoms with E-state index in [1.54, 1.807) is 0 Å². The highest BCUT2D eigenvalue weighted by atomic mass is 16.2. The highest BCUT2D eigenvalue weighted by Gasteiger charge is 2.21. The molecule has 1 aromatic rings. The van der Waals surface area contributed by atoms with Crippen LogP contribution in [0.2, 0.25) is 0 Å². The first kappa shape index (κ1) is 14.8. The van der Waals surface area contributed by atoms with Crippen LogP contribution in [0.15, 0.2) is 42.5 Å². The quantitative estimate of drug-likeness (QED) is 0.732. The summed E-state index contributed by atoms with van der Waals surface area (Å²) < 4.78 is 0. The second-order valence-electron chi connectivity index (χ2n) is 6.01. The molecule has 0 aliphatic heterocycles. The minimum atomic E-state index is 0.138. The molecule has 0 saturated heterocycles. The summed E-state index contributed by atoms with van der Waals surface area (Å²) in [4.78, 5) is 14.6. The predicted molar refractivity (Wildman–Crippen MR) is 83.7 cm³/mol. The lowest BCUT2D eigenvalue weighted by Crippen LogP contribution is -2.37. The molecular weight excluding hydrogens is 246 g/mol. The molecule has 0 aromatic heterocycles. The number of hydrogen-bond donors (Lipinski definition) is 0. The van der Waals surface area contributed by atoms with Crippen molar-refractivity contribution in [2.45, 2.75) is 39.0 Å². The number of carbonyl (C=O) groups excluding carboxylic acids is 1. The number of carbonyl (C=O) groups is 1. The lowest BCUT2D eigenvalue weighted by molar-refractivity contribution is 0.0731. The Labute approximate surface area is 122 Å². The van der Waals surface area contributed by atoms with Crippen LogP contribution in [-0.2, 0) is 0 Å². The van der Waals surface area contributed by atoms with E-state index >= 15 is 0 Å². The zero-order valence-corrected chi connectivity index (χ0v) is 12.5. The van der Waals surface area contributed by atoms with Crippen LogP contribution >= 0.6 is 0 Å². The average molecular weight is 271 g/mol. The fourth-order valence-corrected chi connectivity index (χ4v) is 2.99. The number of hydrogen-bond acceptors (Lipinski definition) is 1. The number of amides is 1. The molecule has 20 heavy (non-hydrogen) atoms. The minimum Gasteiger partial charge on any atom is -0.334 e. The van der Waals surface area contributed by atoms with E-state index in [1.165, 1.54) is 32.1 Å². The highest BCUT2D eigenvalue weighted by molar-refractivity contribution is 5.94. The van der Waals surface area contributed by atoms with Crippen LogP contribution in [0.4, 0.5) is 0 Å². The maximum Gasteiger partial charge on any atom is 0.254 e. The van der Waals surface area contributed by atoms with Crippen LogP contribution in [0.25, 0.3) is 0 Å². The van der Waals surface area contributed by atoms with Gasteiger partial charge in [0.15, 0.2) is 0 Å². The highest BCUT2D eigenvalue weighted by Crippen LogP contribution is 2.25. The molecule has 1 aromatic carbocycles. The number of rotatable bonds is 5. The number of benzene rings is 1. The second kappa shape index (κ2) is 7.28. The van der Waals surface area contributed by atoms with Gasteiger partial charge >= 0.3 is 0 Å². The SMILES string of the molecule is C=C(C)CN(CC1CCCCC1)C(=O)c1ccccc1. The molecule has 108 valence electrons. The third-order valence-electron chi connectivity index (χ3n) is 3.97. The summed E-state index contributed by atoms with van der Waals surface area (Å²) in [7, 11) is 0. The van der Waals surface area contributed by atoms with Gasteiger partial charge < -0.3 is 4.90 Å². The van der Waals surface area contributed by atoms with Gasteiger partial charge in [-0.15, -0.1) is 0 Å². The Hall–Kier alpha value is -1.57. The maximum absolute atomic E-state index is 12.6. The van der Waals surface area contributed by atoms with Gasteiger partial charge in [-0.25, -0.2) is 0 Å². The van der Waals surface area contributed by atoms with Crippen molar-refractivity contribution < 1.29 is 4.79 Å². The lowest BCUT2D eigenvalue weighted by Gasteiger charge is -2.30. The van der Waals surface area contributed by atoms with Gasteiger partial charge in [-0.05, 0) is 37.8 Å². The summed E-state index contributed by atoms with van der Waals surface area (Å²) in [6.45, 7) is 7.51. The van der Waals surface area contributed by atoms with Crippen molar-refractivity contribution in [3.8, 4) is 0 Å². The number of nitrogens with zero attached hydrogens (tertiary/aromatic N) is 1. The van der Waals surface area contributed by atoms with Gasteiger partial charge in [-0.1, -0.05) is 49.6 Å². The van der Waals surface area contributed by atoms with Crippen molar-refractivity contribution in [1.82, 2.24) is 4.90 Å². The van der Waals surface area contributed by atoms with E-state index < -0.39 is 0 Å². The first-order valence-corrected chi connectivity index (χ1v) is 7.65. The van der Waals surface area contributed by atoms with Crippen LogP contribution < -0.4 is 0 Å². The molecule has 2 heteroatoms. The van der Waals surface area contributed by atoms with Crippen molar-refractivity contribution in [1.29, 1.82) is 0 Å². The van der Waals surface area contributed by atoms with E-state index in [2.05, 4.69) is 6.58 Å². The predicted octanol–water partition coefficient (Wildman–Crippen LogP) is 4.29. The Bertz CT molecular complexity index is 446. The molecule has 1 amide bonds. The molecule has 0 heterocycles. The van der Waals surface area contributed by atoms with Crippen molar-refractivity contribution >= 4 is 5.91 Å². The third kappa shape index (κ3) is 4.22. The Morgan fingerprint density at radius 2 is 1.85 bits per heavy atom. The Morgan fingerprint density at radius 1 is 1.20 bits per heavy atom. The molecule has 1 saturated carbocycles. The van der Waals surface area contributed by atoms with Crippen LogP contribution in [0.1, 0.15) is 49.4 Å². The van der Waals surface area contributed by atoms with E-state index in [4.69, 9.17) is 0 Å². The fraction of sp³-hybridized carbons (Fsp3) is 0.500. The Morgan fingerprint density at radius 3 is 2.45 bits per heavy atom. The molecule has 1 aliphatic carbocycles. The van der Waals surface area contributed by atoms with Gasteiger partial charge in [0, 0.05) is 18.7 Å². The van der Waals surface area contributed by atoms with Crippen molar-refractivity contribution in [2.24, 2.45) is 5.92 Å². The molecule has 1 fully saturated rings. The average Bonchev–Trinajstić information content (AvgIpc) is 2.47. The van der Waals surface area contributed by atoms with Gasteiger partial charge in [0.25, 0.3) is 5.91 Å². The molecule has 2 nitrogen and oxygen atoms in total.